The van der Waals surface area contributed by atoms with E-state index in [9.17, 15) is 14.4 Å². The highest BCUT2D eigenvalue weighted by atomic mass is 16.6. The minimum Gasteiger partial charge on any atom is -0.444 e. The predicted octanol–water partition coefficient (Wildman–Crippen LogP) is 5.05. The number of terminal acetylenes is 1. The molecule has 0 bridgehead atoms. The Labute approximate surface area is 214 Å². The summed E-state index contributed by atoms with van der Waals surface area (Å²) in [6.07, 6.45) is 5.67. The Morgan fingerprint density at radius 1 is 1.08 bits per heavy atom. The van der Waals surface area contributed by atoms with Crippen LogP contribution in [-0.2, 0) is 14.3 Å². The van der Waals surface area contributed by atoms with Crippen molar-refractivity contribution in [3.8, 4) is 12.3 Å². The smallest absolute Gasteiger partial charge is 0.408 e. The van der Waals surface area contributed by atoms with E-state index in [-0.39, 0.29) is 5.92 Å². The van der Waals surface area contributed by atoms with Gasteiger partial charge in [0.05, 0.1) is 0 Å². The molecule has 2 aromatic carbocycles. The molecule has 7 nitrogen and oxygen atoms in total. The second kappa shape index (κ2) is 12.3. The van der Waals surface area contributed by atoms with E-state index in [0.29, 0.717) is 23.2 Å². The number of benzene rings is 2. The molecule has 2 aromatic rings. The standard InChI is InChI=1S/C29H37N3O4/c1-9-19(3)24(31-28(35)36-29(5,6)7)27(34)32(8)25(22-17-13-12-16-21(22)10-2)26(33)30-23-18-14-11-15-20(23)4/h2,11-19,24-25H,9H2,1,3-8H3,(H,30,33)(H,31,35). The van der Waals surface area contributed by atoms with Gasteiger partial charge in [-0.1, -0.05) is 62.6 Å². The summed E-state index contributed by atoms with van der Waals surface area (Å²) in [5.74, 6) is 1.56. The molecule has 0 aliphatic heterocycles. The number of alkyl carbamates (subject to hydrolysis) is 1. The number of carbonyl (C=O) groups is 3. The second-order valence-corrected chi connectivity index (χ2v) is 9.90. The van der Waals surface area contributed by atoms with Crippen LogP contribution in [0.3, 0.4) is 0 Å². The molecule has 0 aliphatic rings. The van der Waals surface area contributed by atoms with Crippen LogP contribution in [0.5, 0.6) is 0 Å². The minimum absolute atomic E-state index is 0.213. The van der Waals surface area contributed by atoms with Crippen molar-refractivity contribution in [2.45, 2.75) is 65.6 Å². The predicted molar refractivity (Wildman–Crippen MR) is 142 cm³/mol. The van der Waals surface area contributed by atoms with Crippen molar-refractivity contribution in [3.63, 3.8) is 0 Å². The fraction of sp³-hybridized carbons (Fsp3) is 0.414. The summed E-state index contributed by atoms with van der Waals surface area (Å²) < 4.78 is 5.39. The number of carbonyl (C=O) groups excluding carboxylic acids is 3. The first-order chi connectivity index (χ1) is 16.9. The summed E-state index contributed by atoms with van der Waals surface area (Å²) in [5, 5.41) is 5.65. The van der Waals surface area contributed by atoms with E-state index in [1.165, 1.54) is 4.90 Å². The molecule has 0 heterocycles. The van der Waals surface area contributed by atoms with Crippen LogP contribution in [0.2, 0.25) is 0 Å². The van der Waals surface area contributed by atoms with Crippen molar-refractivity contribution in [2.24, 2.45) is 5.92 Å². The number of aryl methyl sites for hydroxylation is 1. The molecule has 0 saturated heterocycles. The molecular weight excluding hydrogens is 454 g/mol. The van der Waals surface area contributed by atoms with E-state index in [1.807, 2.05) is 39.0 Å². The Morgan fingerprint density at radius 2 is 1.69 bits per heavy atom. The summed E-state index contributed by atoms with van der Waals surface area (Å²) >= 11 is 0. The van der Waals surface area contributed by atoms with Crippen molar-refractivity contribution >= 4 is 23.6 Å². The van der Waals surface area contributed by atoms with E-state index >= 15 is 0 Å². The first kappa shape index (κ1) is 28.4. The van der Waals surface area contributed by atoms with Crippen molar-refractivity contribution < 1.29 is 19.1 Å². The zero-order chi connectivity index (χ0) is 27.0. The van der Waals surface area contributed by atoms with Crippen LogP contribution >= 0.6 is 0 Å². The van der Waals surface area contributed by atoms with Gasteiger partial charge in [-0.3, -0.25) is 9.59 Å². The molecule has 0 aromatic heterocycles. The van der Waals surface area contributed by atoms with Crippen LogP contribution in [0.15, 0.2) is 48.5 Å². The Hall–Kier alpha value is -3.79. The lowest BCUT2D eigenvalue weighted by atomic mass is 9.94. The fourth-order valence-corrected chi connectivity index (χ4v) is 3.77. The van der Waals surface area contributed by atoms with Crippen LogP contribution in [0, 0.1) is 25.2 Å². The maximum absolute atomic E-state index is 13.8. The van der Waals surface area contributed by atoms with Gasteiger partial charge in [-0.2, -0.15) is 0 Å². The Balaban J connectivity index is 2.48. The molecule has 3 amide bonds. The average molecular weight is 492 g/mol. The van der Waals surface area contributed by atoms with Gasteiger partial charge in [0.1, 0.15) is 17.7 Å². The maximum Gasteiger partial charge on any atom is 0.408 e. The number of rotatable bonds is 8. The lowest BCUT2D eigenvalue weighted by Crippen LogP contribution is -2.53. The molecule has 0 aliphatic carbocycles. The number of para-hydroxylation sites is 1. The van der Waals surface area contributed by atoms with Gasteiger partial charge in [0, 0.05) is 18.3 Å². The van der Waals surface area contributed by atoms with Crippen molar-refractivity contribution in [1.82, 2.24) is 10.2 Å². The fourth-order valence-electron chi connectivity index (χ4n) is 3.77. The number of amides is 3. The summed E-state index contributed by atoms with van der Waals surface area (Å²) in [6, 6.07) is 12.5. The van der Waals surface area contributed by atoms with Crippen LogP contribution < -0.4 is 10.6 Å². The maximum atomic E-state index is 13.8. The third kappa shape index (κ3) is 7.35. The normalized spacial score (nSPS) is 13.5. The van der Waals surface area contributed by atoms with Gasteiger partial charge in [-0.15, -0.1) is 6.42 Å². The van der Waals surface area contributed by atoms with Gasteiger partial charge in [-0.05, 0) is 56.9 Å². The van der Waals surface area contributed by atoms with E-state index < -0.39 is 35.6 Å². The third-order valence-electron chi connectivity index (χ3n) is 5.95. The first-order valence-corrected chi connectivity index (χ1v) is 12.1. The van der Waals surface area contributed by atoms with E-state index in [4.69, 9.17) is 11.2 Å². The Bertz CT molecular complexity index is 1130. The molecule has 0 saturated carbocycles. The van der Waals surface area contributed by atoms with Crippen LogP contribution in [0.25, 0.3) is 0 Å². The molecule has 0 fully saturated rings. The largest absolute Gasteiger partial charge is 0.444 e. The molecule has 0 spiro atoms. The SMILES string of the molecule is C#Cc1ccccc1C(C(=O)Nc1ccccc1C)N(C)C(=O)C(NC(=O)OC(C)(C)C)C(C)CC. The van der Waals surface area contributed by atoms with Crippen molar-refractivity contribution in [2.75, 3.05) is 12.4 Å². The van der Waals surface area contributed by atoms with Crippen LogP contribution in [0.4, 0.5) is 10.5 Å². The molecule has 3 unspecified atom stereocenters. The average Bonchev–Trinajstić information content (AvgIpc) is 2.82. The monoisotopic (exact) mass is 491 g/mol. The second-order valence-electron chi connectivity index (χ2n) is 9.90. The molecule has 3 atom stereocenters. The minimum atomic E-state index is -1.03. The van der Waals surface area contributed by atoms with Crippen LogP contribution in [-0.4, -0.2) is 41.5 Å². The highest BCUT2D eigenvalue weighted by molar-refractivity contribution is 5.99. The lowest BCUT2D eigenvalue weighted by molar-refractivity contribution is -0.140. The number of anilines is 1. The van der Waals surface area contributed by atoms with Crippen molar-refractivity contribution in [1.29, 1.82) is 0 Å². The quantitative estimate of drug-likeness (QED) is 0.506. The molecule has 2 N–H and O–H groups in total. The van der Waals surface area contributed by atoms with Gasteiger partial charge in [0.25, 0.3) is 5.91 Å². The van der Waals surface area contributed by atoms with E-state index in [1.54, 1.807) is 58.2 Å². The molecule has 0 radical (unpaired) electrons. The molecule has 192 valence electrons. The number of nitrogens with zero attached hydrogens (tertiary/aromatic N) is 1. The topological polar surface area (TPSA) is 87.7 Å². The van der Waals surface area contributed by atoms with Gasteiger partial charge < -0.3 is 20.3 Å². The molecular formula is C29H37N3O4. The number of nitrogens with one attached hydrogen (secondary N) is 2. The number of hydrogen-bond donors (Lipinski definition) is 2. The highest BCUT2D eigenvalue weighted by Gasteiger charge is 2.37. The van der Waals surface area contributed by atoms with Gasteiger partial charge >= 0.3 is 6.09 Å². The number of ether oxygens (including phenoxy) is 1. The Morgan fingerprint density at radius 3 is 2.28 bits per heavy atom. The van der Waals surface area contributed by atoms with Crippen molar-refractivity contribution in [3.05, 3.63) is 65.2 Å². The summed E-state index contributed by atoms with van der Waals surface area (Å²) in [5.41, 5.74) is 1.81. The zero-order valence-corrected chi connectivity index (χ0v) is 22.2. The first-order valence-electron chi connectivity index (χ1n) is 12.1. The van der Waals surface area contributed by atoms with Crippen LogP contribution in [0.1, 0.15) is 63.8 Å². The van der Waals surface area contributed by atoms with Gasteiger partial charge in [0.2, 0.25) is 5.91 Å². The molecule has 2 rings (SSSR count). The number of hydrogen-bond acceptors (Lipinski definition) is 4. The number of likely N-dealkylation sites (N-methyl/N-ethyl adjacent to an activating group) is 1. The highest BCUT2D eigenvalue weighted by Crippen LogP contribution is 2.27. The summed E-state index contributed by atoms with van der Waals surface area (Å²) in [4.78, 5) is 41.4. The summed E-state index contributed by atoms with van der Waals surface area (Å²) in [6.45, 7) is 10.9. The molecule has 36 heavy (non-hydrogen) atoms. The van der Waals surface area contributed by atoms with E-state index in [2.05, 4.69) is 16.6 Å². The van der Waals surface area contributed by atoms with Gasteiger partial charge in [-0.25, -0.2) is 4.79 Å². The van der Waals surface area contributed by atoms with Gasteiger partial charge in [0.15, 0.2) is 0 Å². The third-order valence-corrected chi connectivity index (χ3v) is 5.95. The molecule has 7 heteroatoms. The summed E-state index contributed by atoms with van der Waals surface area (Å²) in [7, 11) is 1.55. The Kier molecular flexibility index (Phi) is 9.68. The van der Waals surface area contributed by atoms with E-state index in [0.717, 1.165) is 5.56 Å². The lowest BCUT2D eigenvalue weighted by Gasteiger charge is -2.34. The zero-order valence-electron chi connectivity index (χ0n) is 22.2.